The molecule has 2 atom stereocenters. The number of carbonyl (C=O) groups excluding carboxylic acids is 1. The van der Waals surface area contributed by atoms with Gasteiger partial charge in [-0.1, -0.05) is 6.42 Å². The number of Topliss-reactive ketones (excluding diaryl/α,β-unsaturated/α-hetero) is 1. The number of anilines is 1. The summed E-state index contributed by atoms with van der Waals surface area (Å²) in [5.41, 5.74) is 1.35. The van der Waals surface area contributed by atoms with Crippen molar-refractivity contribution in [2.24, 2.45) is 5.92 Å². The Labute approximate surface area is 124 Å². The van der Waals surface area contributed by atoms with Gasteiger partial charge in [0, 0.05) is 36.0 Å². The first kappa shape index (κ1) is 14.0. The minimum Gasteiger partial charge on any atom is -0.368 e. The van der Waals surface area contributed by atoms with Crippen molar-refractivity contribution in [2.45, 2.75) is 45.1 Å². The number of rotatable bonds is 3. The Morgan fingerprint density at radius 3 is 2.76 bits per heavy atom. The molecular weight excluding hydrogens is 268 g/mol. The van der Waals surface area contributed by atoms with Crippen LogP contribution in [0, 0.1) is 16.0 Å². The molecule has 112 valence electrons. The summed E-state index contributed by atoms with van der Waals surface area (Å²) in [5, 5.41) is 10.9. The zero-order valence-electron chi connectivity index (χ0n) is 12.2. The van der Waals surface area contributed by atoms with Gasteiger partial charge in [-0.15, -0.1) is 0 Å². The predicted molar refractivity (Wildman–Crippen MR) is 80.8 cm³/mol. The third kappa shape index (κ3) is 2.52. The lowest BCUT2D eigenvalue weighted by atomic mass is 9.90. The SMILES string of the molecule is CC(=O)c1cc([N+](=O)[O-])ccc1N1CCCC2CCCC21. The van der Waals surface area contributed by atoms with Crippen LogP contribution in [-0.2, 0) is 0 Å². The molecule has 5 heteroatoms. The smallest absolute Gasteiger partial charge is 0.270 e. The number of hydrogen-bond acceptors (Lipinski definition) is 4. The second-order valence-corrected chi connectivity index (χ2v) is 6.11. The van der Waals surface area contributed by atoms with E-state index in [1.165, 1.54) is 44.7 Å². The molecule has 2 fully saturated rings. The second kappa shape index (κ2) is 5.47. The molecule has 1 saturated carbocycles. The maximum absolute atomic E-state index is 11.9. The van der Waals surface area contributed by atoms with Gasteiger partial charge in [-0.05, 0) is 44.6 Å². The number of nitro groups is 1. The molecule has 0 radical (unpaired) electrons. The van der Waals surface area contributed by atoms with Crippen molar-refractivity contribution >= 4 is 17.2 Å². The van der Waals surface area contributed by atoms with Crippen LogP contribution in [0.15, 0.2) is 18.2 Å². The molecule has 0 amide bonds. The molecule has 0 aromatic heterocycles. The van der Waals surface area contributed by atoms with Gasteiger partial charge in [-0.3, -0.25) is 14.9 Å². The van der Waals surface area contributed by atoms with Gasteiger partial charge in [0.2, 0.25) is 0 Å². The van der Waals surface area contributed by atoms with Gasteiger partial charge in [-0.2, -0.15) is 0 Å². The molecule has 0 N–H and O–H groups in total. The van der Waals surface area contributed by atoms with E-state index in [0.29, 0.717) is 17.5 Å². The Morgan fingerprint density at radius 2 is 2.05 bits per heavy atom. The fraction of sp³-hybridized carbons (Fsp3) is 0.562. The third-order valence-electron chi connectivity index (χ3n) is 4.87. The van der Waals surface area contributed by atoms with Gasteiger partial charge < -0.3 is 4.90 Å². The molecule has 1 aromatic carbocycles. The first-order valence-corrected chi connectivity index (χ1v) is 7.64. The van der Waals surface area contributed by atoms with Crippen LogP contribution in [-0.4, -0.2) is 23.3 Å². The lowest BCUT2D eigenvalue weighted by Crippen LogP contribution is -2.43. The summed E-state index contributed by atoms with van der Waals surface area (Å²) in [6.45, 7) is 2.43. The molecule has 1 heterocycles. The second-order valence-electron chi connectivity index (χ2n) is 6.11. The monoisotopic (exact) mass is 288 g/mol. The number of ketones is 1. The van der Waals surface area contributed by atoms with Crippen molar-refractivity contribution in [1.82, 2.24) is 0 Å². The molecule has 3 rings (SSSR count). The summed E-state index contributed by atoms with van der Waals surface area (Å²) >= 11 is 0. The summed E-state index contributed by atoms with van der Waals surface area (Å²) in [6, 6.07) is 5.20. The fourth-order valence-corrected chi connectivity index (χ4v) is 3.92. The molecule has 0 spiro atoms. The van der Waals surface area contributed by atoms with Crippen LogP contribution >= 0.6 is 0 Å². The Kier molecular flexibility index (Phi) is 3.66. The lowest BCUT2D eigenvalue weighted by Gasteiger charge is -2.40. The van der Waals surface area contributed by atoms with Gasteiger partial charge in [-0.25, -0.2) is 0 Å². The van der Waals surface area contributed by atoms with Crippen LogP contribution in [0.3, 0.4) is 0 Å². The molecule has 5 nitrogen and oxygen atoms in total. The molecule has 1 aliphatic carbocycles. The van der Waals surface area contributed by atoms with Gasteiger partial charge >= 0.3 is 0 Å². The third-order valence-corrected chi connectivity index (χ3v) is 4.87. The van der Waals surface area contributed by atoms with Crippen LogP contribution in [0.1, 0.15) is 49.4 Å². The number of nitrogens with zero attached hydrogens (tertiary/aromatic N) is 2. The average molecular weight is 288 g/mol. The molecular formula is C16H20N2O3. The summed E-state index contributed by atoms with van der Waals surface area (Å²) in [4.78, 5) is 24.7. The Hall–Kier alpha value is -1.91. The number of piperidine rings is 1. The Morgan fingerprint density at radius 1 is 1.29 bits per heavy atom. The maximum Gasteiger partial charge on any atom is 0.270 e. The highest BCUT2D eigenvalue weighted by atomic mass is 16.6. The number of non-ortho nitro benzene ring substituents is 1. The van der Waals surface area contributed by atoms with Crippen LogP contribution in [0.25, 0.3) is 0 Å². The van der Waals surface area contributed by atoms with E-state index in [1.807, 2.05) is 0 Å². The van der Waals surface area contributed by atoms with Gasteiger partial charge in [0.05, 0.1) is 4.92 Å². The highest BCUT2D eigenvalue weighted by Gasteiger charge is 2.36. The summed E-state index contributed by atoms with van der Waals surface area (Å²) in [7, 11) is 0. The molecule has 2 unspecified atom stereocenters. The number of benzene rings is 1. The Bertz CT molecular complexity index is 585. The van der Waals surface area contributed by atoms with E-state index < -0.39 is 4.92 Å². The van der Waals surface area contributed by atoms with Gasteiger partial charge in [0.1, 0.15) is 0 Å². The van der Waals surface area contributed by atoms with E-state index in [9.17, 15) is 14.9 Å². The molecule has 2 aliphatic rings. The van der Waals surface area contributed by atoms with Crippen molar-refractivity contribution in [3.05, 3.63) is 33.9 Å². The molecule has 1 saturated heterocycles. The number of carbonyl (C=O) groups is 1. The quantitative estimate of drug-likeness (QED) is 0.484. The highest BCUT2D eigenvalue weighted by molar-refractivity contribution is 6.00. The first-order chi connectivity index (χ1) is 10.1. The number of fused-ring (bicyclic) bond motifs is 1. The molecule has 1 aromatic rings. The predicted octanol–water partition coefficient (Wildman–Crippen LogP) is 3.57. The average Bonchev–Trinajstić information content (AvgIpc) is 2.94. The maximum atomic E-state index is 11.9. The van der Waals surface area contributed by atoms with E-state index in [0.717, 1.165) is 18.7 Å². The van der Waals surface area contributed by atoms with Crippen molar-refractivity contribution in [1.29, 1.82) is 0 Å². The van der Waals surface area contributed by atoms with E-state index in [4.69, 9.17) is 0 Å². The van der Waals surface area contributed by atoms with E-state index in [2.05, 4.69) is 4.90 Å². The van der Waals surface area contributed by atoms with Crippen molar-refractivity contribution < 1.29 is 9.72 Å². The van der Waals surface area contributed by atoms with E-state index >= 15 is 0 Å². The first-order valence-electron chi connectivity index (χ1n) is 7.64. The zero-order chi connectivity index (χ0) is 15.0. The fourth-order valence-electron chi connectivity index (χ4n) is 3.92. The normalized spacial score (nSPS) is 24.7. The zero-order valence-corrected chi connectivity index (χ0v) is 12.2. The largest absolute Gasteiger partial charge is 0.368 e. The summed E-state index contributed by atoms with van der Waals surface area (Å²) in [5.74, 6) is 0.613. The topological polar surface area (TPSA) is 63.4 Å². The van der Waals surface area contributed by atoms with Gasteiger partial charge in [0.25, 0.3) is 5.69 Å². The van der Waals surface area contributed by atoms with Crippen molar-refractivity contribution in [2.75, 3.05) is 11.4 Å². The van der Waals surface area contributed by atoms with Crippen molar-refractivity contribution in [3.8, 4) is 0 Å². The van der Waals surface area contributed by atoms with Crippen molar-refractivity contribution in [3.63, 3.8) is 0 Å². The minimum atomic E-state index is -0.440. The number of hydrogen-bond donors (Lipinski definition) is 0. The highest BCUT2D eigenvalue weighted by Crippen LogP contribution is 2.40. The van der Waals surface area contributed by atoms with Crippen LogP contribution in [0.5, 0.6) is 0 Å². The number of nitro benzene ring substituents is 1. The van der Waals surface area contributed by atoms with Crippen LogP contribution in [0.4, 0.5) is 11.4 Å². The summed E-state index contributed by atoms with van der Waals surface area (Å²) < 4.78 is 0. The minimum absolute atomic E-state index is 0.0102. The molecule has 0 bridgehead atoms. The standard InChI is InChI=1S/C16H20N2O3/c1-11(19)14-10-13(18(20)21)7-8-16(14)17-9-3-5-12-4-2-6-15(12)17/h7-8,10,12,15H,2-6,9H2,1H3. The lowest BCUT2D eigenvalue weighted by molar-refractivity contribution is -0.384. The Balaban J connectivity index is 2.00. The summed E-state index contributed by atoms with van der Waals surface area (Å²) in [6.07, 6.45) is 6.08. The van der Waals surface area contributed by atoms with E-state index in [1.54, 1.807) is 6.07 Å². The van der Waals surface area contributed by atoms with Crippen LogP contribution in [0.2, 0.25) is 0 Å². The molecule has 21 heavy (non-hydrogen) atoms. The van der Waals surface area contributed by atoms with Gasteiger partial charge in [0.15, 0.2) is 5.78 Å². The molecule has 1 aliphatic heterocycles. The van der Waals surface area contributed by atoms with E-state index in [-0.39, 0.29) is 11.5 Å². The van der Waals surface area contributed by atoms with Crippen LogP contribution < -0.4 is 4.90 Å².